The fraction of sp³-hybridized carbons (Fsp3) is 0. The lowest BCUT2D eigenvalue weighted by Crippen LogP contribution is -2.30. The maximum Gasteiger partial charge on any atom is 0.272 e. The summed E-state index contributed by atoms with van der Waals surface area (Å²) in [7, 11) is 0. The first-order valence-corrected chi connectivity index (χ1v) is 11.3. The first-order valence-electron chi connectivity index (χ1n) is 10.6. The number of rotatable bonds is 7. The van der Waals surface area contributed by atoms with Gasteiger partial charge < -0.3 is 15.4 Å². The molecule has 0 atom stereocenters. The van der Waals surface area contributed by atoms with Crippen molar-refractivity contribution in [3.8, 4) is 11.5 Å². The Balaban J connectivity index is 1.56. The highest BCUT2D eigenvalue weighted by atomic mass is 79.9. The largest absolute Gasteiger partial charge is 0.456 e. The van der Waals surface area contributed by atoms with Gasteiger partial charge >= 0.3 is 0 Å². The van der Waals surface area contributed by atoms with Gasteiger partial charge in [-0.2, -0.15) is 0 Å². The Labute approximate surface area is 206 Å². The molecular weight excluding hydrogens is 492 g/mol. The Kier molecular flexibility index (Phi) is 7.53. The van der Waals surface area contributed by atoms with Crippen molar-refractivity contribution in [2.45, 2.75) is 0 Å². The number of amides is 2. The van der Waals surface area contributed by atoms with Crippen molar-refractivity contribution in [3.05, 3.63) is 130 Å². The average Bonchev–Trinajstić information content (AvgIpc) is 2.87. The van der Waals surface area contributed by atoms with Crippen LogP contribution in [0.1, 0.15) is 15.9 Å². The summed E-state index contributed by atoms with van der Waals surface area (Å²) in [4.78, 5) is 25.7. The molecule has 0 aromatic heterocycles. The van der Waals surface area contributed by atoms with E-state index in [9.17, 15) is 9.59 Å². The summed E-state index contributed by atoms with van der Waals surface area (Å²) in [6.45, 7) is 0. The predicted molar refractivity (Wildman–Crippen MR) is 138 cm³/mol. The van der Waals surface area contributed by atoms with Gasteiger partial charge in [-0.15, -0.1) is 0 Å². The Morgan fingerprint density at radius 3 is 2.03 bits per heavy atom. The molecule has 6 heteroatoms. The van der Waals surface area contributed by atoms with Crippen LogP contribution in [0, 0.1) is 0 Å². The Bertz CT molecular complexity index is 1300. The van der Waals surface area contributed by atoms with Crippen LogP contribution in [0.5, 0.6) is 11.5 Å². The van der Waals surface area contributed by atoms with E-state index < -0.39 is 5.91 Å². The molecule has 5 nitrogen and oxygen atoms in total. The third-order valence-corrected chi connectivity index (χ3v) is 5.47. The van der Waals surface area contributed by atoms with E-state index >= 15 is 0 Å². The van der Waals surface area contributed by atoms with Gasteiger partial charge in [-0.25, -0.2) is 0 Å². The van der Waals surface area contributed by atoms with Crippen molar-refractivity contribution in [3.63, 3.8) is 0 Å². The minimum atomic E-state index is -0.427. The first-order chi connectivity index (χ1) is 16.6. The highest BCUT2D eigenvalue weighted by Gasteiger charge is 2.15. The second kappa shape index (κ2) is 11.1. The molecule has 0 saturated carbocycles. The molecule has 0 aliphatic rings. The molecule has 168 valence electrons. The quantitative estimate of drug-likeness (QED) is 0.272. The van der Waals surface area contributed by atoms with Gasteiger partial charge in [0, 0.05) is 11.3 Å². The molecule has 4 rings (SSSR count). The van der Waals surface area contributed by atoms with Crippen molar-refractivity contribution >= 4 is 39.5 Å². The molecule has 0 bridgehead atoms. The fourth-order valence-electron chi connectivity index (χ4n) is 3.12. The number of hydrogen-bond acceptors (Lipinski definition) is 3. The van der Waals surface area contributed by atoms with Gasteiger partial charge in [0.15, 0.2) is 0 Å². The lowest BCUT2D eigenvalue weighted by atomic mass is 10.1. The Hall–Kier alpha value is -4.16. The van der Waals surface area contributed by atoms with E-state index in [0.29, 0.717) is 22.7 Å². The molecule has 0 heterocycles. The minimum absolute atomic E-state index is 0.122. The van der Waals surface area contributed by atoms with Gasteiger partial charge in [0.2, 0.25) is 0 Å². The zero-order valence-electron chi connectivity index (χ0n) is 18.1. The standard InChI is InChI=1S/C28H21BrN2O3/c29-24-13-7-8-14-26(24)34-23-17-15-20(16-18-23)19-25(28(33)30-22-11-5-2-6-12-22)31-27(32)21-9-3-1-4-10-21/h1-19H,(H,30,33)(H,31,32)/b25-19-. The molecule has 4 aromatic rings. The van der Waals surface area contributed by atoms with Crippen molar-refractivity contribution in [2.24, 2.45) is 0 Å². The van der Waals surface area contributed by atoms with Gasteiger partial charge in [0.05, 0.1) is 4.47 Å². The van der Waals surface area contributed by atoms with E-state index in [2.05, 4.69) is 26.6 Å². The molecule has 0 saturated heterocycles. The van der Waals surface area contributed by atoms with Crippen LogP contribution in [0.3, 0.4) is 0 Å². The van der Waals surface area contributed by atoms with Crippen LogP contribution in [0.4, 0.5) is 5.69 Å². The number of benzene rings is 4. The van der Waals surface area contributed by atoms with Gasteiger partial charge in [0.1, 0.15) is 17.2 Å². The smallest absolute Gasteiger partial charge is 0.272 e. The van der Waals surface area contributed by atoms with Crippen molar-refractivity contribution < 1.29 is 14.3 Å². The van der Waals surface area contributed by atoms with E-state index in [0.717, 1.165) is 10.0 Å². The van der Waals surface area contributed by atoms with Gasteiger partial charge in [0.25, 0.3) is 11.8 Å². The molecule has 0 spiro atoms. The van der Waals surface area contributed by atoms with Crippen LogP contribution < -0.4 is 15.4 Å². The third-order valence-electron chi connectivity index (χ3n) is 4.82. The van der Waals surface area contributed by atoms with Crippen LogP contribution in [0.25, 0.3) is 6.08 Å². The third kappa shape index (κ3) is 6.21. The minimum Gasteiger partial charge on any atom is -0.456 e. The number of para-hydroxylation sites is 2. The van der Waals surface area contributed by atoms with Crippen molar-refractivity contribution in [1.29, 1.82) is 0 Å². The zero-order valence-corrected chi connectivity index (χ0v) is 19.7. The SMILES string of the molecule is O=C(Nc1ccccc1)/C(=C/c1ccc(Oc2ccccc2Br)cc1)NC(=O)c1ccccc1. The zero-order chi connectivity index (χ0) is 23.8. The average molecular weight is 513 g/mol. The molecule has 0 aliphatic heterocycles. The summed E-state index contributed by atoms with van der Waals surface area (Å²) < 4.78 is 6.75. The van der Waals surface area contributed by atoms with E-state index in [-0.39, 0.29) is 11.6 Å². The van der Waals surface area contributed by atoms with E-state index in [4.69, 9.17) is 4.74 Å². The molecular formula is C28H21BrN2O3. The maximum atomic E-state index is 13.0. The summed E-state index contributed by atoms with van der Waals surface area (Å²) in [5.74, 6) is 0.546. The molecule has 4 aromatic carbocycles. The van der Waals surface area contributed by atoms with E-state index in [1.165, 1.54) is 0 Å². The normalized spacial score (nSPS) is 10.9. The van der Waals surface area contributed by atoms with E-state index in [1.54, 1.807) is 54.6 Å². The summed E-state index contributed by atoms with van der Waals surface area (Å²) in [5, 5.41) is 5.55. The summed E-state index contributed by atoms with van der Waals surface area (Å²) in [6, 6.07) is 32.6. The topological polar surface area (TPSA) is 67.4 Å². The van der Waals surface area contributed by atoms with Gasteiger partial charge in [-0.3, -0.25) is 9.59 Å². The van der Waals surface area contributed by atoms with Crippen molar-refractivity contribution in [1.82, 2.24) is 5.32 Å². The van der Waals surface area contributed by atoms with Crippen LogP contribution in [-0.2, 0) is 4.79 Å². The van der Waals surface area contributed by atoms with Gasteiger partial charge in [-0.1, -0.05) is 60.7 Å². The van der Waals surface area contributed by atoms with Crippen molar-refractivity contribution in [2.75, 3.05) is 5.32 Å². The summed E-state index contributed by atoms with van der Waals surface area (Å²) >= 11 is 3.47. The molecule has 0 unspecified atom stereocenters. The maximum absolute atomic E-state index is 13.0. The van der Waals surface area contributed by atoms with Crippen LogP contribution in [0.2, 0.25) is 0 Å². The lowest BCUT2D eigenvalue weighted by Gasteiger charge is -2.12. The number of ether oxygens (including phenoxy) is 1. The van der Waals surface area contributed by atoms with Gasteiger partial charge in [-0.05, 0) is 76.1 Å². The summed E-state index contributed by atoms with van der Waals surface area (Å²) in [6.07, 6.45) is 1.63. The van der Waals surface area contributed by atoms with Crippen LogP contribution in [0.15, 0.2) is 119 Å². The van der Waals surface area contributed by atoms with E-state index in [1.807, 2.05) is 60.7 Å². The lowest BCUT2D eigenvalue weighted by molar-refractivity contribution is -0.113. The molecule has 34 heavy (non-hydrogen) atoms. The number of anilines is 1. The molecule has 0 radical (unpaired) electrons. The predicted octanol–water partition coefficient (Wildman–Crippen LogP) is 6.65. The van der Waals surface area contributed by atoms with Crippen LogP contribution in [-0.4, -0.2) is 11.8 Å². The second-order valence-electron chi connectivity index (χ2n) is 7.30. The number of nitrogens with one attached hydrogen (secondary N) is 2. The highest BCUT2D eigenvalue weighted by Crippen LogP contribution is 2.29. The molecule has 2 amide bonds. The highest BCUT2D eigenvalue weighted by molar-refractivity contribution is 9.10. The van der Waals surface area contributed by atoms with Crippen LogP contribution >= 0.6 is 15.9 Å². The fourth-order valence-corrected chi connectivity index (χ4v) is 3.48. The number of carbonyl (C=O) groups is 2. The Morgan fingerprint density at radius 1 is 0.735 bits per heavy atom. The number of halogens is 1. The number of hydrogen-bond donors (Lipinski definition) is 2. The summed E-state index contributed by atoms with van der Waals surface area (Å²) in [5.41, 5.74) is 1.94. The molecule has 2 N–H and O–H groups in total. The monoisotopic (exact) mass is 512 g/mol. The number of carbonyl (C=O) groups excluding carboxylic acids is 2. The molecule has 0 fully saturated rings. The molecule has 0 aliphatic carbocycles. The Morgan fingerprint density at radius 2 is 1.35 bits per heavy atom. The second-order valence-corrected chi connectivity index (χ2v) is 8.15. The first kappa shape index (κ1) is 23.0.